The fourth-order valence-electron chi connectivity index (χ4n) is 5.45. The Balaban J connectivity index is 1.71. The summed E-state index contributed by atoms with van der Waals surface area (Å²) in [7, 11) is 0. The topological polar surface area (TPSA) is 263 Å². The van der Waals surface area contributed by atoms with Crippen molar-refractivity contribution in [2.75, 3.05) is 19.7 Å². The Morgan fingerprint density at radius 3 is 2.19 bits per heavy atom. The number of carbonyl (C=O) groups excluding carboxylic acids is 5. The molecular formula is C34H47N5O14. The molecule has 0 bridgehead atoms. The Morgan fingerprint density at radius 2 is 1.58 bits per heavy atom. The van der Waals surface area contributed by atoms with Crippen LogP contribution in [0.2, 0.25) is 0 Å². The smallest absolute Gasteiger partial charge is 0.408 e. The summed E-state index contributed by atoms with van der Waals surface area (Å²) in [5, 5.41) is 30.1. The Hall–Kier alpha value is -5.11. The number of hydrogen-bond acceptors (Lipinski definition) is 15. The largest absolute Gasteiger partial charge is 0.465 e. The van der Waals surface area contributed by atoms with Crippen molar-refractivity contribution >= 4 is 29.9 Å². The molecule has 1 fully saturated rings. The van der Waals surface area contributed by atoms with Crippen LogP contribution in [0.4, 0.5) is 4.79 Å². The van der Waals surface area contributed by atoms with Gasteiger partial charge in [-0.3, -0.25) is 33.5 Å². The average molecular weight is 750 g/mol. The maximum atomic E-state index is 13.1. The van der Waals surface area contributed by atoms with Crippen molar-refractivity contribution in [1.29, 1.82) is 0 Å². The van der Waals surface area contributed by atoms with Gasteiger partial charge in [-0.1, -0.05) is 44.2 Å². The number of hydrogen-bond donors (Lipinski definition) is 6. The first-order valence-electron chi connectivity index (χ1n) is 17.0. The molecule has 19 nitrogen and oxygen atoms in total. The van der Waals surface area contributed by atoms with E-state index < -0.39 is 95.9 Å². The maximum absolute atomic E-state index is 13.1. The van der Waals surface area contributed by atoms with Crippen LogP contribution in [-0.2, 0) is 49.5 Å². The number of benzene rings is 1. The van der Waals surface area contributed by atoms with Crippen molar-refractivity contribution in [3.8, 4) is 0 Å². The van der Waals surface area contributed by atoms with Gasteiger partial charge in [0.05, 0.1) is 12.7 Å². The van der Waals surface area contributed by atoms with Crippen LogP contribution in [-0.4, -0.2) is 112 Å². The first kappa shape index (κ1) is 42.3. The predicted octanol–water partition coefficient (Wildman–Crippen LogP) is -1.00. The summed E-state index contributed by atoms with van der Waals surface area (Å²) in [4.78, 5) is 89.2. The van der Waals surface area contributed by atoms with Gasteiger partial charge in [0.25, 0.3) is 5.56 Å². The Bertz CT molecular complexity index is 1660. The van der Waals surface area contributed by atoms with E-state index in [2.05, 4.69) is 16.0 Å². The lowest BCUT2D eigenvalue weighted by Gasteiger charge is -2.30. The van der Waals surface area contributed by atoms with Crippen LogP contribution < -0.4 is 27.2 Å². The minimum Gasteiger partial charge on any atom is -0.465 e. The maximum Gasteiger partial charge on any atom is 0.408 e. The third-order valence-corrected chi connectivity index (χ3v) is 7.98. The number of ether oxygens (including phenoxy) is 5. The summed E-state index contributed by atoms with van der Waals surface area (Å²) in [6.45, 7) is 6.82. The summed E-state index contributed by atoms with van der Waals surface area (Å²) in [6.07, 6.45) is -8.93. The van der Waals surface area contributed by atoms with E-state index in [1.807, 2.05) is 11.1 Å². The van der Waals surface area contributed by atoms with E-state index in [0.717, 1.165) is 36.2 Å². The standard InChI is InChI=1S/C34H47N5O14/c1-6-49-32(46)24(26(44)27-28(51-19(4)40)29(52-20(5)41)31(53-27)39-16-13-22(42)37-33(39)47)35-14-10-15-36-30(45)23(25(43)18(2)3)38-34(48)50-17-21-11-8-7-9-12-21/h7-9,11-13,16,18,23-29,31,35,43-44H,6,10,14-15,17H2,1-5H3,(H,36,45)(H,38,48)(H,37,42,47). The number of carbonyl (C=O) groups is 5. The monoisotopic (exact) mass is 749 g/mol. The molecule has 8 atom stereocenters. The minimum absolute atomic E-state index is 0.0126. The minimum atomic E-state index is -1.84. The van der Waals surface area contributed by atoms with Crippen molar-refractivity contribution in [3.63, 3.8) is 0 Å². The van der Waals surface area contributed by atoms with Gasteiger partial charge in [0.2, 0.25) is 5.91 Å². The second-order valence-electron chi connectivity index (χ2n) is 12.4. The Kier molecular flexibility index (Phi) is 16.1. The number of amides is 2. The molecule has 1 aromatic carbocycles. The first-order chi connectivity index (χ1) is 25.1. The fourth-order valence-corrected chi connectivity index (χ4v) is 5.45. The first-order valence-corrected chi connectivity index (χ1v) is 17.0. The van der Waals surface area contributed by atoms with Crippen molar-refractivity contribution < 1.29 is 57.9 Å². The predicted molar refractivity (Wildman–Crippen MR) is 183 cm³/mol. The van der Waals surface area contributed by atoms with E-state index in [1.54, 1.807) is 38.1 Å². The highest BCUT2D eigenvalue weighted by Crippen LogP contribution is 2.35. The molecule has 19 heteroatoms. The van der Waals surface area contributed by atoms with Crippen LogP contribution in [0.1, 0.15) is 52.8 Å². The molecule has 2 aromatic rings. The lowest BCUT2D eigenvalue weighted by Crippen LogP contribution is -2.56. The molecule has 1 saturated heterocycles. The van der Waals surface area contributed by atoms with E-state index in [-0.39, 0.29) is 32.7 Å². The lowest BCUT2D eigenvalue weighted by molar-refractivity contribution is -0.168. The van der Waals surface area contributed by atoms with E-state index in [0.29, 0.717) is 0 Å². The van der Waals surface area contributed by atoms with Crippen LogP contribution in [0.3, 0.4) is 0 Å². The summed E-state index contributed by atoms with van der Waals surface area (Å²) in [5.41, 5.74) is -0.962. The number of aliphatic hydroxyl groups is 2. The molecule has 8 unspecified atom stereocenters. The van der Waals surface area contributed by atoms with Gasteiger partial charge < -0.3 is 49.8 Å². The van der Waals surface area contributed by atoms with Crippen LogP contribution in [0.5, 0.6) is 0 Å². The molecule has 53 heavy (non-hydrogen) atoms. The highest BCUT2D eigenvalue weighted by molar-refractivity contribution is 5.86. The SMILES string of the molecule is CCOC(=O)C(NCCCNC(=O)C(NC(=O)OCc1ccccc1)C(O)C(C)C)C(O)C1OC(n2ccc(=O)[nH]c2=O)C(OC(C)=O)C1OC(C)=O. The Labute approximate surface area is 304 Å². The van der Waals surface area contributed by atoms with Crippen molar-refractivity contribution in [2.45, 2.75) is 96.5 Å². The molecule has 0 aliphatic carbocycles. The van der Waals surface area contributed by atoms with Crippen LogP contribution >= 0.6 is 0 Å². The quantitative estimate of drug-likeness (QED) is 0.0607. The number of rotatable bonds is 18. The summed E-state index contributed by atoms with van der Waals surface area (Å²) in [5.74, 6) is -3.75. The van der Waals surface area contributed by atoms with Gasteiger partial charge in [0.1, 0.15) is 30.9 Å². The second kappa shape index (κ2) is 20.2. The van der Waals surface area contributed by atoms with Gasteiger partial charge in [-0.15, -0.1) is 0 Å². The van der Waals surface area contributed by atoms with Crippen LogP contribution in [0.15, 0.2) is 52.2 Å². The number of aromatic amines is 1. The van der Waals surface area contributed by atoms with Gasteiger partial charge in [0, 0.05) is 32.7 Å². The van der Waals surface area contributed by atoms with E-state index in [4.69, 9.17) is 23.7 Å². The van der Waals surface area contributed by atoms with E-state index >= 15 is 0 Å². The highest BCUT2D eigenvalue weighted by Gasteiger charge is 2.55. The molecule has 1 aromatic heterocycles. The highest BCUT2D eigenvalue weighted by atomic mass is 16.6. The van der Waals surface area contributed by atoms with Crippen LogP contribution in [0, 0.1) is 5.92 Å². The molecule has 2 heterocycles. The molecule has 0 spiro atoms. The fraction of sp³-hybridized carbons (Fsp3) is 0.559. The van der Waals surface area contributed by atoms with E-state index in [1.165, 1.54) is 6.92 Å². The zero-order valence-corrected chi connectivity index (χ0v) is 30.0. The molecule has 0 saturated carbocycles. The average Bonchev–Trinajstić information content (AvgIpc) is 3.43. The number of nitrogens with one attached hydrogen (secondary N) is 4. The lowest BCUT2D eigenvalue weighted by atomic mass is 9.98. The van der Waals surface area contributed by atoms with E-state index in [9.17, 15) is 43.8 Å². The van der Waals surface area contributed by atoms with Gasteiger partial charge >= 0.3 is 29.7 Å². The normalized spacial score (nSPS) is 20.4. The van der Waals surface area contributed by atoms with Crippen molar-refractivity contribution in [2.24, 2.45) is 5.92 Å². The molecule has 1 aliphatic heterocycles. The number of aromatic nitrogens is 2. The number of H-pyrrole nitrogens is 1. The van der Waals surface area contributed by atoms with Crippen molar-refractivity contribution in [3.05, 3.63) is 69.0 Å². The molecule has 3 rings (SSSR count). The van der Waals surface area contributed by atoms with Gasteiger partial charge in [-0.05, 0) is 31.4 Å². The zero-order chi connectivity index (χ0) is 39.2. The summed E-state index contributed by atoms with van der Waals surface area (Å²) in [6, 6.07) is 6.99. The van der Waals surface area contributed by atoms with Gasteiger partial charge in [0.15, 0.2) is 18.4 Å². The van der Waals surface area contributed by atoms with Gasteiger partial charge in [-0.25, -0.2) is 9.59 Å². The Morgan fingerprint density at radius 1 is 0.925 bits per heavy atom. The summed E-state index contributed by atoms with van der Waals surface area (Å²) < 4.78 is 27.9. The second-order valence-corrected chi connectivity index (χ2v) is 12.4. The van der Waals surface area contributed by atoms with Crippen LogP contribution in [0.25, 0.3) is 0 Å². The molecule has 0 radical (unpaired) electrons. The molecule has 6 N–H and O–H groups in total. The number of aliphatic hydroxyl groups excluding tert-OH is 2. The van der Waals surface area contributed by atoms with Gasteiger partial charge in [-0.2, -0.15) is 0 Å². The number of alkyl carbamates (subject to hydrolysis) is 1. The zero-order valence-electron chi connectivity index (χ0n) is 30.0. The molecule has 2 amide bonds. The van der Waals surface area contributed by atoms with Crippen molar-refractivity contribution in [1.82, 2.24) is 25.5 Å². The third kappa shape index (κ3) is 12.2. The molecule has 1 aliphatic rings. The summed E-state index contributed by atoms with van der Waals surface area (Å²) >= 11 is 0. The molecule has 292 valence electrons. The number of esters is 3. The molecular weight excluding hydrogens is 702 g/mol. The third-order valence-electron chi connectivity index (χ3n) is 7.98. The number of nitrogens with zero attached hydrogens (tertiary/aromatic N) is 1.